The van der Waals surface area contributed by atoms with Crippen LogP contribution >= 0.6 is 0 Å². The molecule has 20 heavy (non-hydrogen) atoms. The lowest BCUT2D eigenvalue weighted by molar-refractivity contribution is -0.119. The molecule has 5 heteroatoms. The Morgan fingerprint density at radius 1 is 1.05 bits per heavy atom. The molecule has 0 bridgehead atoms. The Morgan fingerprint density at radius 2 is 1.65 bits per heavy atom. The van der Waals surface area contributed by atoms with Gasteiger partial charge < -0.3 is 5.32 Å². The lowest BCUT2D eigenvalue weighted by atomic mass is 10.1. The van der Waals surface area contributed by atoms with Crippen molar-refractivity contribution >= 4 is 15.7 Å². The molecule has 0 aliphatic heterocycles. The zero-order valence-corrected chi connectivity index (χ0v) is 12.4. The monoisotopic (exact) mass is 295 g/mol. The topological polar surface area (TPSA) is 63.2 Å². The minimum absolute atomic E-state index is 0.135. The summed E-state index contributed by atoms with van der Waals surface area (Å²) >= 11 is 0. The molecular weight excluding hydrogens is 274 g/mol. The summed E-state index contributed by atoms with van der Waals surface area (Å²) in [5.41, 5.74) is 0. The molecule has 0 unspecified atom stereocenters. The Balaban J connectivity index is 1.93. The van der Waals surface area contributed by atoms with Crippen LogP contribution in [0, 0.1) is 0 Å². The zero-order valence-electron chi connectivity index (χ0n) is 11.5. The molecule has 0 spiro atoms. The number of sulfone groups is 1. The fourth-order valence-electron chi connectivity index (χ4n) is 2.58. The van der Waals surface area contributed by atoms with Gasteiger partial charge in [0.25, 0.3) is 0 Å². The van der Waals surface area contributed by atoms with Gasteiger partial charge in [-0.3, -0.25) is 4.79 Å². The van der Waals surface area contributed by atoms with E-state index in [0.29, 0.717) is 0 Å². The van der Waals surface area contributed by atoms with Crippen LogP contribution in [0.1, 0.15) is 38.5 Å². The van der Waals surface area contributed by atoms with Crippen LogP contribution in [-0.4, -0.2) is 26.1 Å². The highest BCUT2D eigenvalue weighted by Gasteiger charge is 2.21. The normalized spacial score (nSPS) is 17.4. The van der Waals surface area contributed by atoms with Gasteiger partial charge in [0.15, 0.2) is 9.84 Å². The van der Waals surface area contributed by atoms with E-state index in [0.717, 1.165) is 25.7 Å². The first-order chi connectivity index (χ1) is 9.58. The van der Waals surface area contributed by atoms with Crippen LogP contribution in [0.5, 0.6) is 0 Å². The standard InChI is InChI=1S/C15H21NO3S/c17-15(16-13-8-4-1-2-5-9-13)12-20(18,19)14-10-6-3-7-11-14/h3,6-7,10-11,13H,1-2,4-5,8-9,12H2,(H,16,17). The molecule has 1 aromatic rings. The van der Waals surface area contributed by atoms with Gasteiger partial charge in [0.05, 0.1) is 4.90 Å². The second-order valence-electron chi connectivity index (χ2n) is 5.33. The fraction of sp³-hybridized carbons (Fsp3) is 0.533. The molecule has 0 heterocycles. The molecule has 0 atom stereocenters. The Labute approximate surface area is 120 Å². The van der Waals surface area contributed by atoms with E-state index in [-0.39, 0.29) is 16.8 Å². The van der Waals surface area contributed by atoms with Crippen molar-refractivity contribution in [3.63, 3.8) is 0 Å². The molecule has 110 valence electrons. The van der Waals surface area contributed by atoms with E-state index < -0.39 is 15.6 Å². The van der Waals surface area contributed by atoms with Gasteiger partial charge in [-0.2, -0.15) is 0 Å². The maximum atomic E-state index is 12.1. The minimum atomic E-state index is -3.53. The zero-order chi connectivity index (χ0) is 14.4. The Morgan fingerprint density at radius 3 is 2.25 bits per heavy atom. The SMILES string of the molecule is O=C(CS(=O)(=O)c1ccccc1)NC1CCCCCC1. The van der Waals surface area contributed by atoms with Gasteiger partial charge in [-0.1, -0.05) is 43.9 Å². The van der Waals surface area contributed by atoms with Crippen molar-refractivity contribution in [2.45, 2.75) is 49.5 Å². The first-order valence-electron chi connectivity index (χ1n) is 7.15. The molecule has 4 nitrogen and oxygen atoms in total. The average Bonchev–Trinajstić information content (AvgIpc) is 2.67. The van der Waals surface area contributed by atoms with E-state index in [9.17, 15) is 13.2 Å². The molecule has 2 rings (SSSR count). The first kappa shape index (κ1) is 15.0. The summed E-state index contributed by atoms with van der Waals surface area (Å²) in [6.07, 6.45) is 6.53. The maximum Gasteiger partial charge on any atom is 0.235 e. The summed E-state index contributed by atoms with van der Waals surface area (Å²) in [6.45, 7) is 0. The van der Waals surface area contributed by atoms with Crippen molar-refractivity contribution < 1.29 is 13.2 Å². The molecule has 1 saturated carbocycles. The van der Waals surface area contributed by atoms with Gasteiger partial charge in [-0.15, -0.1) is 0 Å². The lowest BCUT2D eigenvalue weighted by Crippen LogP contribution is -2.38. The number of hydrogen-bond donors (Lipinski definition) is 1. The van der Waals surface area contributed by atoms with Crippen molar-refractivity contribution in [2.24, 2.45) is 0 Å². The van der Waals surface area contributed by atoms with Gasteiger partial charge in [0.2, 0.25) is 5.91 Å². The number of carbonyl (C=O) groups excluding carboxylic acids is 1. The van der Waals surface area contributed by atoms with Crippen LogP contribution in [0.25, 0.3) is 0 Å². The molecule has 1 aliphatic rings. The molecule has 1 amide bonds. The second-order valence-corrected chi connectivity index (χ2v) is 7.32. The third kappa shape index (κ3) is 4.34. The smallest absolute Gasteiger partial charge is 0.235 e. The maximum absolute atomic E-state index is 12.1. The van der Waals surface area contributed by atoms with Crippen molar-refractivity contribution in [3.8, 4) is 0 Å². The van der Waals surface area contributed by atoms with Crippen molar-refractivity contribution in [1.29, 1.82) is 0 Å². The highest BCUT2D eigenvalue weighted by atomic mass is 32.2. The minimum Gasteiger partial charge on any atom is -0.352 e. The Hall–Kier alpha value is -1.36. The molecule has 0 radical (unpaired) electrons. The number of carbonyl (C=O) groups is 1. The van der Waals surface area contributed by atoms with Crippen LogP contribution in [-0.2, 0) is 14.6 Å². The predicted molar refractivity (Wildman–Crippen MR) is 78.1 cm³/mol. The molecule has 0 aromatic heterocycles. The van der Waals surface area contributed by atoms with Crippen molar-refractivity contribution in [1.82, 2.24) is 5.32 Å². The van der Waals surface area contributed by atoms with Gasteiger partial charge in [0.1, 0.15) is 5.75 Å². The van der Waals surface area contributed by atoms with Crippen LogP contribution in [0.4, 0.5) is 0 Å². The summed E-state index contributed by atoms with van der Waals surface area (Å²) in [4.78, 5) is 12.1. The summed E-state index contributed by atoms with van der Waals surface area (Å²) in [7, 11) is -3.53. The van der Waals surface area contributed by atoms with E-state index in [1.54, 1.807) is 18.2 Å². The van der Waals surface area contributed by atoms with E-state index in [1.807, 2.05) is 0 Å². The average molecular weight is 295 g/mol. The fourth-order valence-corrected chi connectivity index (χ4v) is 3.74. The van der Waals surface area contributed by atoms with Gasteiger partial charge in [-0.05, 0) is 25.0 Å². The third-order valence-corrected chi connectivity index (χ3v) is 5.28. The van der Waals surface area contributed by atoms with Gasteiger partial charge in [0, 0.05) is 6.04 Å². The van der Waals surface area contributed by atoms with Crippen molar-refractivity contribution in [2.75, 3.05) is 5.75 Å². The van der Waals surface area contributed by atoms with Crippen LogP contribution in [0.3, 0.4) is 0 Å². The summed E-state index contributed by atoms with van der Waals surface area (Å²) in [6, 6.07) is 8.26. The second kappa shape index (κ2) is 6.88. The van der Waals surface area contributed by atoms with E-state index in [2.05, 4.69) is 5.32 Å². The van der Waals surface area contributed by atoms with Crippen LogP contribution < -0.4 is 5.32 Å². The lowest BCUT2D eigenvalue weighted by Gasteiger charge is -2.16. The van der Waals surface area contributed by atoms with Crippen LogP contribution in [0.15, 0.2) is 35.2 Å². The molecule has 1 aliphatic carbocycles. The number of benzene rings is 1. The quantitative estimate of drug-likeness (QED) is 0.867. The Kier molecular flexibility index (Phi) is 5.17. The third-order valence-electron chi connectivity index (χ3n) is 3.64. The summed E-state index contributed by atoms with van der Waals surface area (Å²) in [5, 5.41) is 2.87. The van der Waals surface area contributed by atoms with Crippen LogP contribution in [0.2, 0.25) is 0 Å². The van der Waals surface area contributed by atoms with E-state index in [4.69, 9.17) is 0 Å². The van der Waals surface area contributed by atoms with Crippen molar-refractivity contribution in [3.05, 3.63) is 30.3 Å². The molecule has 1 N–H and O–H groups in total. The molecule has 0 saturated heterocycles. The number of hydrogen-bond acceptors (Lipinski definition) is 3. The Bertz CT molecular complexity index is 531. The number of rotatable bonds is 4. The highest BCUT2D eigenvalue weighted by molar-refractivity contribution is 7.92. The molecule has 1 fully saturated rings. The van der Waals surface area contributed by atoms with E-state index in [1.165, 1.54) is 25.0 Å². The largest absolute Gasteiger partial charge is 0.352 e. The molecule has 1 aromatic carbocycles. The van der Waals surface area contributed by atoms with Gasteiger partial charge >= 0.3 is 0 Å². The predicted octanol–water partition coefficient (Wildman–Crippen LogP) is 2.30. The number of nitrogens with one attached hydrogen (secondary N) is 1. The van der Waals surface area contributed by atoms with Gasteiger partial charge in [-0.25, -0.2) is 8.42 Å². The number of amides is 1. The first-order valence-corrected chi connectivity index (χ1v) is 8.80. The highest BCUT2D eigenvalue weighted by Crippen LogP contribution is 2.17. The van der Waals surface area contributed by atoms with E-state index >= 15 is 0 Å². The summed E-state index contributed by atoms with van der Waals surface area (Å²) < 4.78 is 24.2. The summed E-state index contributed by atoms with van der Waals surface area (Å²) in [5.74, 6) is -0.853. The molecular formula is C15H21NO3S.